The molecule has 26 heavy (non-hydrogen) atoms. The number of rotatable bonds is 7. The normalized spacial score (nSPS) is 13.8. The Kier molecular flexibility index (Phi) is 5.78. The molecule has 0 aliphatic carbocycles. The van der Waals surface area contributed by atoms with Gasteiger partial charge in [0, 0.05) is 13.0 Å². The van der Waals surface area contributed by atoms with E-state index in [4.69, 9.17) is 9.47 Å². The lowest BCUT2D eigenvalue weighted by Gasteiger charge is -2.25. The van der Waals surface area contributed by atoms with Crippen LogP contribution in [0, 0.1) is 6.92 Å². The van der Waals surface area contributed by atoms with E-state index in [-0.39, 0.29) is 18.6 Å². The van der Waals surface area contributed by atoms with Crippen molar-refractivity contribution in [3.63, 3.8) is 0 Å². The molecule has 5 heteroatoms. The van der Waals surface area contributed by atoms with E-state index in [0.29, 0.717) is 12.3 Å². The molecule has 2 aromatic carbocycles. The van der Waals surface area contributed by atoms with E-state index < -0.39 is 0 Å². The maximum Gasteiger partial charge on any atom is 0.258 e. The van der Waals surface area contributed by atoms with Crippen molar-refractivity contribution in [3.8, 4) is 11.5 Å². The summed E-state index contributed by atoms with van der Waals surface area (Å²) in [6, 6.07) is 14.1. The maximum absolute atomic E-state index is 12.2. The van der Waals surface area contributed by atoms with Gasteiger partial charge in [0.25, 0.3) is 5.91 Å². The number of nitrogens with one attached hydrogen (secondary N) is 1. The fourth-order valence-electron chi connectivity index (χ4n) is 3.06. The third-order valence-corrected chi connectivity index (χ3v) is 4.61. The van der Waals surface area contributed by atoms with Crippen LogP contribution in [0.25, 0.3) is 0 Å². The summed E-state index contributed by atoms with van der Waals surface area (Å²) >= 11 is 0. The van der Waals surface area contributed by atoms with Gasteiger partial charge >= 0.3 is 0 Å². The summed E-state index contributed by atoms with van der Waals surface area (Å²) in [5.41, 5.74) is 3.58. The molecular weight excluding hydrogens is 328 g/mol. The lowest BCUT2D eigenvalue weighted by atomic mass is 10.0. The van der Waals surface area contributed by atoms with E-state index in [9.17, 15) is 4.79 Å². The summed E-state index contributed by atoms with van der Waals surface area (Å²) in [6.07, 6.45) is 0.945. The molecule has 0 radical (unpaired) electrons. The van der Waals surface area contributed by atoms with Crippen LogP contribution in [-0.4, -0.2) is 44.7 Å². The van der Waals surface area contributed by atoms with Crippen LogP contribution in [0.2, 0.25) is 0 Å². The number of hydrogen-bond acceptors (Lipinski definition) is 4. The number of aryl methyl sites for hydroxylation is 1. The smallest absolute Gasteiger partial charge is 0.258 e. The van der Waals surface area contributed by atoms with Gasteiger partial charge < -0.3 is 19.7 Å². The fraction of sp³-hybridized carbons (Fsp3) is 0.381. The molecule has 0 spiro atoms. The van der Waals surface area contributed by atoms with Crippen LogP contribution < -0.4 is 14.8 Å². The fourth-order valence-corrected chi connectivity index (χ4v) is 3.06. The lowest BCUT2D eigenvalue weighted by molar-refractivity contribution is -0.123. The Morgan fingerprint density at radius 2 is 2.00 bits per heavy atom. The third-order valence-electron chi connectivity index (χ3n) is 4.61. The van der Waals surface area contributed by atoms with Crippen LogP contribution in [0.1, 0.15) is 22.7 Å². The number of benzene rings is 2. The maximum atomic E-state index is 12.2. The van der Waals surface area contributed by atoms with Gasteiger partial charge in [-0.3, -0.25) is 4.79 Å². The predicted octanol–water partition coefficient (Wildman–Crippen LogP) is 2.73. The van der Waals surface area contributed by atoms with Crippen molar-refractivity contribution in [1.29, 1.82) is 0 Å². The van der Waals surface area contributed by atoms with Crippen molar-refractivity contribution in [2.24, 2.45) is 0 Å². The number of hydrogen-bond donors (Lipinski definition) is 1. The highest BCUT2D eigenvalue weighted by Gasteiger charge is 2.19. The Morgan fingerprint density at radius 1 is 1.23 bits per heavy atom. The number of ether oxygens (including phenoxy) is 2. The average molecular weight is 354 g/mol. The first-order valence-electron chi connectivity index (χ1n) is 8.91. The van der Waals surface area contributed by atoms with Crippen LogP contribution in [0.5, 0.6) is 11.5 Å². The van der Waals surface area contributed by atoms with E-state index >= 15 is 0 Å². The topological polar surface area (TPSA) is 50.8 Å². The number of carbonyl (C=O) groups is 1. The zero-order chi connectivity index (χ0) is 18.5. The summed E-state index contributed by atoms with van der Waals surface area (Å²) < 4.78 is 11.1. The third kappa shape index (κ3) is 4.55. The van der Waals surface area contributed by atoms with Crippen LogP contribution >= 0.6 is 0 Å². The molecule has 1 aliphatic rings. The molecule has 0 saturated carbocycles. The van der Waals surface area contributed by atoms with E-state index in [1.165, 1.54) is 11.1 Å². The van der Waals surface area contributed by atoms with Gasteiger partial charge in [-0.2, -0.15) is 0 Å². The van der Waals surface area contributed by atoms with Gasteiger partial charge in [-0.1, -0.05) is 29.8 Å². The Morgan fingerprint density at radius 3 is 2.73 bits per heavy atom. The molecular formula is C21H26N2O3. The standard InChI is InChI=1S/C21H26N2O3/c1-15-4-7-18(8-5-15)26-14-21(24)22-13-19(23(2)3)16-6-9-20-17(12-16)10-11-25-20/h4-9,12,19H,10-11,13-14H2,1-3H3,(H,22,24). The second-order valence-corrected chi connectivity index (χ2v) is 6.85. The Hall–Kier alpha value is -2.53. The Bertz CT molecular complexity index is 756. The van der Waals surface area contributed by atoms with Crippen LogP contribution in [0.4, 0.5) is 0 Å². The zero-order valence-corrected chi connectivity index (χ0v) is 15.6. The average Bonchev–Trinajstić information content (AvgIpc) is 3.09. The quantitative estimate of drug-likeness (QED) is 0.831. The first-order valence-corrected chi connectivity index (χ1v) is 8.91. The van der Waals surface area contributed by atoms with Crippen molar-refractivity contribution >= 4 is 5.91 Å². The molecule has 1 unspecified atom stereocenters. The number of carbonyl (C=O) groups excluding carboxylic acids is 1. The van der Waals surface area contributed by atoms with Gasteiger partial charge in [0.05, 0.1) is 12.6 Å². The summed E-state index contributed by atoms with van der Waals surface area (Å²) in [6.45, 7) is 3.31. The molecule has 1 atom stereocenters. The van der Waals surface area contributed by atoms with Gasteiger partial charge in [-0.25, -0.2) is 0 Å². The van der Waals surface area contributed by atoms with E-state index in [0.717, 1.165) is 24.3 Å². The second-order valence-electron chi connectivity index (χ2n) is 6.85. The molecule has 0 aromatic heterocycles. The molecule has 5 nitrogen and oxygen atoms in total. The molecule has 1 amide bonds. The SMILES string of the molecule is Cc1ccc(OCC(=O)NCC(c2ccc3c(c2)CCO3)N(C)C)cc1. The minimum atomic E-state index is -0.123. The number of likely N-dealkylation sites (N-methyl/N-ethyl adjacent to an activating group) is 1. The molecule has 0 saturated heterocycles. The van der Waals surface area contributed by atoms with Crippen molar-refractivity contribution in [2.45, 2.75) is 19.4 Å². The Labute approximate surface area is 154 Å². The van der Waals surface area contributed by atoms with Crippen LogP contribution in [0.3, 0.4) is 0 Å². The molecule has 1 N–H and O–H groups in total. The number of fused-ring (bicyclic) bond motifs is 1. The highest BCUT2D eigenvalue weighted by molar-refractivity contribution is 5.77. The minimum absolute atomic E-state index is 0.0151. The van der Waals surface area contributed by atoms with E-state index in [1.54, 1.807) is 0 Å². The monoisotopic (exact) mass is 354 g/mol. The first-order chi connectivity index (χ1) is 12.5. The number of nitrogens with zero attached hydrogens (tertiary/aromatic N) is 1. The largest absolute Gasteiger partial charge is 0.493 e. The van der Waals surface area contributed by atoms with Gasteiger partial charge in [0.2, 0.25) is 0 Å². The van der Waals surface area contributed by atoms with Crippen LogP contribution in [-0.2, 0) is 11.2 Å². The highest BCUT2D eigenvalue weighted by atomic mass is 16.5. The molecule has 3 rings (SSSR count). The predicted molar refractivity (Wildman–Crippen MR) is 102 cm³/mol. The number of amides is 1. The zero-order valence-electron chi connectivity index (χ0n) is 15.6. The van der Waals surface area contributed by atoms with E-state index in [2.05, 4.69) is 22.3 Å². The van der Waals surface area contributed by atoms with Gasteiger partial charge in [-0.15, -0.1) is 0 Å². The minimum Gasteiger partial charge on any atom is -0.493 e. The molecule has 0 fully saturated rings. The first kappa shape index (κ1) is 18.3. The van der Waals surface area contributed by atoms with Crippen molar-refractivity contribution < 1.29 is 14.3 Å². The highest BCUT2D eigenvalue weighted by Crippen LogP contribution is 2.29. The van der Waals surface area contributed by atoms with Gasteiger partial charge in [-0.05, 0) is 50.3 Å². The van der Waals surface area contributed by atoms with Gasteiger partial charge in [0.15, 0.2) is 6.61 Å². The second kappa shape index (κ2) is 8.23. The molecule has 0 bridgehead atoms. The molecule has 138 valence electrons. The summed E-state index contributed by atoms with van der Waals surface area (Å²) in [5, 5.41) is 2.98. The molecule has 2 aromatic rings. The summed E-state index contributed by atoms with van der Waals surface area (Å²) in [7, 11) is 4.03. The van der Waals surface area contributed by atoms with Crippen LogP contribution in [0.15, 0.2) is 42.5 Å². The molecule has 1 heterocycles. The van der Waals surface area contributed by atoms with E-state index in [1.807, 2.05) is 51.4 Å². The van der Waals surface area contributed by atoms with Crippen molar-refractivity contribution in [2.75, 3.05) is 33.9 Å². The van der Waals surface area contributed by atoms with Gasteiger partial charge in [0.1, 0.15) is 11.5 Å². The summed E-state index contributed by atoms with van der Waals surface area (Å²) in [4.78, 5) is 14.3. The van der Waals surface area contributed by atoms with Crippen molar-refractivity contribution in [1.82, 2.24) is 10.2 Å². The molecule has 1 aliphatic heterocycles. The van der Waals surface area contributed by atoms with Crippen molar-refractivity contribution in [3.05, 3.63) is 59.2 Å². The lowest BCUT2D eigenvalue weighted by Crippen LogP contribution is -2.36. The summed E-state index contributed by atoms with van der Waals surface area (Å²) in [5.74, 6) is 1.55. The Balaban J connectivity index is 1.55.